The molecular weight excluding hydrogens is 428 g/mol. The number of hydrogen-bond acceptors (Lipinski definition) is 6. The first-order valence-electron chi connectivity index (χ1n) is 11.9. The van der Waals surface area contributed by atoms with E-state index in [1.165, 1.54) is 19.3 Å². The van der Waals surface area contributed by atoms with Crippen LogP contribution in [-0.4, -0.2) is 44.2 Å². The number of benzene rings is 2. The summed E-state index contributed by atoms with van der Waals surface area (Å²) in [6.45, 7) is 0.651. The Hall–Kier alpha value is -3.52. The molecule has 8 nitrogen and oxygen atoms in total. The normalized spacial score (nSPS) is 15.6. The van der Waals surface area contributed by atoms with Gasteiger partial charge in [-0.05, 0) is 60.1 Å². The summed E-state index contributed by atoms with van der Waals surface area (Å²) < 4.78 is 7.37. The third-order valence-corrected chi connectivity index (χ3v) is 6.77. The van der Waals surface area contributed by atoms with Crippen LogP contribution in [0.5, 0.6) is 5.75 Å². The lowest BCUT2D eigenvalue weighted by atomic mass is 9.95. The van der Waals surface area contributed by atoms with Gasteiger partial charge in [0.2, 0.25) is 0 Å². The number of rotatable bonds is 7. The minimum absolute atomic E-state index is 0.138. The number of H-pyrrole nitrogens is 1. The van der Waals surface area contributed by atoms with Crippen LogP contribution in [0, 0.1) is 0 Å². The number of aromatic amines is 1. The maximum atomic E-state index is 13.4. The maximum Gasteiger partial charge on any atom is 0.253 e. The molecule has 1 aliphatic carbocycles. The van der Waals surface area contributed by atoms with E-state index in [4.69, 9.17) is 4.74 Å². The highest BCUT2D eigenvalue weighted by Crippen LogP contribution is 2.33. The van der Waals surface area contributed by atoms with E-state index in [1.54, 1.807) is 7.11 Å². The molecule has 0 bridgehead atoms. The van der Waals surface area contributed by atoms with Gasteiger partial charge in [-0.25, -0.2) is 4.68 Å². The molecule has 0 radical (unpaired) electrons. The lowest BCUT2D eigenvalue weighted by Crippen LogP contribution is -2.33. The number of nitrogens with zero attached hydrogens (tertiary/aromatic N) is 5. The minimum Gasteiger partial charge on any atom is -0.497 e. The van der Waals surface area contributed by atoms with Gasteiger partial charge >= 0.3 is 0 Å². The Labute approximate surface area is 198 Å². The highest BCUT2D eigenvalue weighted by atomic mass is 16.5. The molecule has 5 rings (SSSR count). The van der Waals surface area contributed by atoms with Crippen molar-refractivity contribution in [1.82, 2.24) is 30.1 Å². The minimum atomic E-state index is -0.406. The second-order valence-electron chi connectivity index (χ2n) is 9.08. The van der Waals surface area contributed by atoms with Crippen molar-refractivity contribution in [3.63, 3.8) is 0 Å². The molecule has 0 spiro atoms. The van der Waals surface area contributed by atoms with Crippen molar-refractivity contribution in [3.8, 4) is 5.75 Å². The van der Waals surface area contributed by atoms with Gasteiger partial charge in [0.1, 0.15) is 11.8 Å². The predicted molar refractivity (Wildman–Crippen MR) is 131 cm³/mol. The average Bonchev–Trinajstić information content (AvgIpc) is 3.35. The average molecular weight is 459 g/mol. The fourth-order valence-corrected chi connectivity index (χ4v) is 5.03. The quantitative estimate of drug-likeness (QED) is 0.445. The molecule has 1 saturated carbocycles. The van der Waals surface area contributed by atoms with Crippen LogP contribution in [0.4, 0.5) is 0 Å². The molecular formula is C26H30N6O2. The second-order valence-corrected chi connectivity index (χ2v) is 9.08. The third-order valence-electron chi connectivity index (χ3n) is 6.77. The molecule has 8 heteroatoms. The zero-order valence-corrected chi connectivity index (χ0v) is 19.6. The fraction of sp³-hybridized carbons (Fsp3) is 0.385. The van der Waals surface area contributed by atoms with Gasteiger partial charge in [0.15, 0.2) is 5.82 Å². The third kappa shape index (κ3) is 4.46. The lowest BCUT2D eigenvalue weighted by Gasteiger charge is -2.30. The summed E-state index contributed by atoms with van der Waals surface area (Å²) >= 11 is 0. The van der Waals surface area contributed by atoms with Crippen LogP contribution in [-0.2, 0) is 6.54 Å². The van der Waals surface area contributed by atoms with Crippen molar-refractivity contribution >= 4 is 10.9 Å². The van der Waals surface area contributed by atoms with Gasteiger partial charge in [0.25, 0.3) is 5.56 Å². The van der Waals surface area contributed by atoms with Crippen molar-refractivity contribution in [2.75, 3.05) is 14.2 Å². The van der Waals surface area contributed by atoms with Gasteiger partial charge in [0.05, 0.1) is 13.2 Å². The zero-order chi connectivity index (χ0) is 23.5. The second kappa shape index (κ2) is 9.77. The summed E-state index contributed by atoms with van der Waals surface area (Å²) in [5, 5.41) is 13.8. The molecule has 34 heavy (non-hydrogen) atoms. The Balaban J connectivity index is 1.62. The molecule has 1 aliphatic rings. The number of pyridine rings is 1. The Bertz CT molecular complexity index is 1310. The standard InChI is InChI=1S/C26H30N6O2/c1-31(17-18-9-5-3-6-10-18)24(25-28-29-30-32(25)20-11-7-4-8-12-20)22-16-19-15-21(34-2)13-14-23(19)27-26(22)33/h3,5-6,9-10,13-16,20,24H,4,7-8,11-12,17H2,1-2H3,(H,27,33). The molecule has 1 fully saturated rings. The Kier molecular flexibility index (Phi) is 6.40. The van der Waals surface area contributed by atoms with Crippen molar-refractivity contribution < 1.29 is 4.74 Å². The van der Waals surface area contributed by atoms with Crippen LogP contribution in [0.2, 0.25) is 0 Å². The Morgan fingerprint density at radius 3 is 2.68 bits per heavy atom. The summed E-state index contributed by atoms with van der Waals surface area (Å²) in [6.07, 6.45) is 5.70. The van der Waals surface area contributed by atoms with Gasteiger partial charge in [-0.15, -0.1) is 5.10 Å². The number of nitrogens with one attached hydrogen (secondary N) is 1. The molecule has 2 aromatic heterocycles. The van der Waals surface area contributed by atoms with Gasteiger partial charge in [0, 0.05) is 23.0 Å². The van der Waals surface area contributed by atoms with Crippen LogP contribution in [0.15, 0.2) is 59.4 Å². The molecule has 1 unspecified atom stereocenters. The number of ether oxygens (including phenoxy) is 1. The monoisotopic (exact) mass is 458 g/mol. The Morgan fingerprint density at radius 1 is 1.12 bits per heavy atom. The molecule has 4 aromatic rings. The van der Waals surface area contributed by atoms with Crippen LogP contribution < -0.4 is 10.3 Å². The van der Waals surface area contributed by atoms with E-state index < -0.39 is 6.04 Å². The first kappa shape index (κ1) is 22.3. The fourth-order valence-electron chi connectivity index (χ4n) is 5.03. The number of hydrogen-bond donors (Lipinski definition) is 1. The van der Waals surface area contributed by atoms with E-state index >= 15 is 0 Å². The van der Waals surface area contributed by atoms with E-state index in [2.05, 4.69) is 37.5 Å². The molecule has 2 heterocycles. The first-order valence-corrected chi connectivity index (χ1v) is 11.9. The smallest absolute Gasteiger partial charge is 0.253 e. The van der Waals surface area contributed by atoms with Gasteiger partial charge in [-0.1, -0.05) is 49.6 Å². The summed E-state index contributed by atoms with van der Waals surface area (Å²) in [4.78, 5) is 18.6. The van der Waals surface area contributed by atoms with E-state index in [1.807, 2.05) is 54.2 Å². The summed E-state index contributed by atoms with van der Waals surface area (Å²) in [5.74, 6) is 1.45. The van der Waals surface area contributed by atoms with E-state index in [0.29, 0.717) is 17.9 Å². The largest absolute Gasteiger partial charge is 0.497 e. The molecule has 0 amide bonds. The van der Waals surface area contributed by atoms with E-state index in [9.17, 15) is 4.79 Å². The van der Waals surface area contributed by atoms with Crippen LogP contribution in [0.25, 0.3) is 10.9 Å². The van der Waals surface area contributed by atoms with Gasteiger partial charge in [-0.2, -0.15) is 0 Å². The number of methoxy groups -OCH3 is 1. The van der Waals surface area contributed by atoms with Crippen molar-refractivity contribution in [3.05, 3.63) is 81.9 Å². The molecule has 1 atom stereocenters. The Morgan fingerprint density at radius 2 is 1.91 bits per heavy atom. The summed E-state index contributed by atoms with van der Waals surface area (Å²) in [5.41, 5.74) is 2.41. The van der Waals surface area contributed by atoms with Crippen molar-refractivity contribution in [1.29, 1.82) is 0 Å². The molecule has 1 N–H and O–H groups in total. The van der Waals surface area contributed by atoms with E-state index in [0.717, 1.165) is 35.1 Å². The zero-order valence-electron chi connectivity index (χ0n) is 19.6. The highest BCUT2D eigenvalue weighted by Gasteiger charge is 2.31. The topological polar surface area (TPSA) is 88.9 Å². The summed E-state index contributed by atoms with van der Waals surface area (Å²) in [6, 6.07) is 17.7. The lowest BCUT2D eigenvalue weighted by molar-refractivity contribution is 0.236. The molecule has 2 aromatic carbocycles. The molecule has 176 valence electrons. The first-order chi connectivity index (χ1) is 16.6. The SMILES string of the molecule is COc1ccc2[nH]c(=O)c(C(c3nnnn3C3CCCCC3)N(C)Cc3ccccc3)cc2c1. The molecule has 0 saturated heterocycles. The number of tetrazole rings is 1. The van der Waals surface area contributed by atoms with Gasteiger partial charge < -0.3 is 9.72 Å². The maximum absolute atomic E-state index is 13.4. The highest BCUT2D eigenvalue weighted by molar-refractivity contribution is 5.80. The van der Waals surface area contributed by atoms with Crippen molar-refractivity contribution in [2.45, 2.75) is 50.7 Å². The number of aromatic nitrogens is 5. The van der Waals surface area contributed by atoms with Gasteiger partial charge in [-0.3, -0.25) is 9.69 Å². The van der Waals surface area contributed by atoms with Crippen molar-refractivity contribution in [2.24, 2.45) is 0 Å². The number of fused-ring (bicyclic) bond motifs is 1. The molecule has 0 aliphatic heterocycles. The van der Waals surface area contributed by atoms with Crippen LogP contribution in [0.3, 0.4) is 0 Å². The summed E-state index contributed by atoms with van der Waals surface area (Å²) in [7, 11) is 3.66. The van der Waals surface area contributed by atoms with Crippen LogP contribution in [0.1, 0.15) is 61.1 Å². The van der Waals surface area contributed by atoms with Crippen LogP contribution >= 0.6 is 0 Å². The predicted octanol–water partition coefficient (Wildman–Crippen LogP) is 4.25. The van der Waals surface area contributed by atoms with E-state index in [-0.39, 0.29) is 11.6 Å².